The number of fused-ring (bicyclic) bond motifs is 4. The summed E-state index contributed by atoms with van der Waals surface area (Å²) in [7, 11) is 0. The third-order valence-corrected chi connectivity index (χ3v) is 4.70. The average molecular weight is 266 g/mol. The summed E-state index contributed by atoms with van der Waals surface area (Å²) in [5.41, 5.74) is 6.64. The largest absolute Gasteiger partial charge is 0.385 e. The zero-order valence-electron chi connectivity index (χ0n) is 11.3. The second-order valence-corrected chi connectivity index (χ2v) is 5.89. The van der Waals surface area contributed by atoms with Gasteiger partial charge in [0.15, 0.2) is 0 Å². The molecule has 2 N–H and O–H groups in total. The summed E-state index contributed by atoms with van der Waals surface area (Å²) < 4.78 is 0. The lowest BCUT2D eigenvalue weighted by molar-refractivity contribution is 0.0157. The molecule has 0 saturated carbocycles. The Morgan fingerprint density at radius 3 is 2.20 bits per heavy atom. The van der Waals surface area contributed by atoms with Crippen LogP contribution in [0.2, 0.25) is 0 Å². The van der Waals surface area contributed by atoms with Crippen LogP contribution in [-0.2, 0) is 12.8 Å². The van der Waals surface area contributed by atoms with Gasteiger partial charge in [0.05, 0.1) is 0 Å². The van der Waals surface area contributed by atoms with Crippen LogP contribution in [-0.4, -0.2) is 10.2 Å². The summed E-state index contributed by atoms with van der Waals surface area (Å²) in [6.45, 7) is 0. The van der Waals surface area contributed by atoms with E-state index >= 15 is 0 Å². The summed E-state index contributed by atoms with van der Waals surface area (Å²) in [6, 6.07) is 12.2. The molecule has 2 aromatic carbocycles. The Bertz CT molecular complexity index is 675. The van der Waals surface area contributed by atoms with Crippen molar-refractivity contribution >= 4 is 0 Å². The molecule has 0 aliphatic heterocycles. The van der Waals surface area contributed by atoms with Crippen LogP contribution in [0.5, 0.6) is 0 Å². The van der Waals surface area contributed by atoms with Gasteiger partial charge in [-0.15, -0.1) is 0 Å². The van der Waals surface area contributed by atoms with Crippen molar-refractivity contribution in [1.82, 2.24) is 0 Å². The van der Waals surface area contributed by atoms with Gasteiger partial charge in [0, 0.05) is 0 Å². The van der Waals surface area contributed by atoms with Crippen LogP contribution in [0, 0.1) is 0 Å². The lowest BCUT2D eigenvalue weighted by Gasteiger charge is -2.31. The Morgan fingerprint density at radius 1 is 0.750 bits per heavy atom. The lowest BCUT2D eigenvalue weighted by Crippen LogP contribution is -2.18. The molecule has 0 amide bonds. The number of benzene rings is 2. The molecule has 2 atom stereocenters. The van der Waals surface area contributed by atoms with Crippen molar-refractivity contribution in [2.75, 3.05) is 0 Å². The quantitative estimate of drug-likeness (QED) is 0.768. The van der Waals surface area contributed by atoms with E-state index in [2.05, 4.69) is 12.1 Å². The SMILES string of the molecule is O[C@@H]1c2cc3c(cc2-c2ccccc2[C@@H]1O)CCCC3. The van der Waals surface area contributed by atoms with E-state index in [0.717, 1.165) is 35.1 Å². The molecule has 0 spiro atoms. The van der Waals surface area contributed by atoms with Gasteiger partial charge in [0.25, 0.3) is 0 Å². The number of hydrogen-bond donors (Lipinski definition) is 2. The monoisotopic (exact) mass is 266 g/mol. The fourth-order valence-corrected chi connectivity index (χ4v) is 3.62. The van der Waals surface area contributed by atoms with E-state index in [1.54, 1.807) is 0 Å². The number of aliphatic hydroxyl groups excluding tert-OH is 2. The third kappa shape index (κ3) is 1.65. The second kappa shape index (κ2) is 4.44. The van der Waals surface area contributed by atoms with Crippen LogP contribution in [0.25, 0.3) is 11.1 Å². The van der Waals surface area contributed by atoms with Crippen molar-refractivity contribution < 1.29 is 10.2 Å². The molecule has 0 saturated heterocycles. The highest BCUT2D eigenvalue weighted by Gasteiger charge is 2.31. The van der Waals surface area contributed by atoms with Gasteiger partial charge in [-0.05, 0) is 59.1 Å². The Hall–Kier alpha value is -1.64. The first kappa shape index (κ1) is 12.1. The first-order valence-corrected chi connectivity index (χ1v) is 7.37. The molecule has 2 aliphatic carbocycles. The predicted octanol–water partition coefficient (Wildman–Crippen LogP) is 3.31. The van der Waals surface area contributed by atoms with E-state index in [1.165, 1.54) is 24.0 Å². The average Bonchev–Trinajstić information content (AvgIpc) is 2.51. The van der Waals surface area contributed by atoms with Crippen molar-refractivity contribution in [3.8, 4) is 11.1 Å². The summed E-state index contributed by atoms with van der Waals surface area (Å²) in [5.74, 6) is 0. The first-order chi connectivity index (χ1) is 9.75. The highest BCUT2D eigenvalue weighted by atomic mass is 16.3. The summed E-state index contributed by atoms with van der Waals surface area (Å²) in [6.07, 6.45) is 3.06. The molecule has 2 aromatic rings. The van der Waals surface area contributed by atoms with Crippen LogP contribution < -0.4 is 0 Å². The number of aryl methyl sites for hydroxylation is 2. The smallest absolute Gasteiger partial charge is 0.110 e. The van der Waals surface area contributed by atoms with Gasteiger partial charge in [0.2, 0.25) is 0 Å². The van der Waals surface area contributed by atoms with Crippen LogP contribution in [0.4, 0.5) is 0 Å². The maximum absolute atomic E-state index is 10.4. The van der Waals surface area contributed by atoms with E-state index in [-0.39, 0.29) is 0 Å². The minimum Gasteiger partial charge on any atom is -0.385 e. The molecule has 0 fully saturated rings. The fraction of sp³-hybridized carbons (Fsp3) is 0.333. The summed E-state index contributed by atoms with van der Waals surface area (Å²) >= 11 is 0. The fourth-order valence-electron chi connectivity index (χ4n) is 3.62. The molecule has 0 aromatic heterocycles. The Kier molecular flexibility index (Phi) is 2.69. The summed E-state index contributed by atoms with van der Waals surface area (Å²) in [4.78, 5) is 0. The summed E-state index contributed by atoms with van der Waals surface area (Å²) in [5, 5.41) is 20.8. The lowest BCUT2D eigenvalue weighted by atomic mass is 9.78. The van der Waals surface area contributed by atoms with Gasteiger partial charge in [-0.3, -0.25) is 0 Å². The Morgan fingerprint density at radius 2 is 1.40 bits per heavy atom. The van der Waals surface area contributed by atoms with Crippen molar-refractivity contribution in [3.63, 3.8) is 0 Å². The van der Waals surface area contributed by atoms with Crippen molar-refractivity contribution in [3.05, 3.63) is 58.7 Å². The van der Waals surface area contributed by atoms with Gasteiger partial charge >= 0.3 is 0 Å². The molecule has 102 valence electrons. The standard InChI is InChI=1S/C18H18O2/c19-17-14-8-4-3-7-13(14)15-9-11-5-1-2-6-12(11)10-16(15)18(17)20/h3-4,7-10,17-20H,1-2,5-6H2/t17-,18+/m0/s1. The topological polar surface area (TPSA) is 40.5 Å². The van der Waals surface area contributed by atoms with Crippen molar-refractivity contribution in [2.45, 2.75) is 37.9 Å². The van der Waals surface area contributed by atoms with Crippen LogP contribution in [0.15, 0.2) is 36.4 Å². The minimum absolute atomic E-state index is 0.813. The molecule has 0 bridgehead atoms. The van der Waals surface area contributed by atoms with Crippen molar-refractivity contribution in [1.29, 1.82) is 0 Å². The molecular formula is C18H18O2. The van der Waals surface area contributed by atoms with E-state index in [0.29, 0.717) is 0 Å². The maximum Gasteiger partial charge on any atom is 0.110 e. The zero-order valence-corrected chi connectivity index (χ0v) is 11.3. The first-order valence-electron chi connectivity index (χ1n) is 7.37. The van der Waals surface area contributed by atoms with Crippen LogP contribution in [0.1, 0.15) is 47.3 Å². The van der Waals surface area contributed by atoms with Gasteiger partial charge in [-0.2, -0.15) is 0 Å². The van der Waals surface area contributed by atoms with Gasteiger partial charge in [-0.1, -0.05) is 36.4 Å². The minimum atomic E-state index is -0.819. The normalized spacial score (nSPS) is 23.7. The highest BCUT2D eigenvalue weighted by molar-refractivity contribution is 5.75. The van der Waals surface area contributed by atoms with Gasteiger partial charge < -0.3 is 10.2 Å². The van der Waals surface area contributed by atoms with E-state index in [1.807, 2.05) is 24.3 Å². The second-order valence-electron chi connectivity index (χ2n) is 5.89. The van der Waals surface area contributed by atoms with E-state index in [4.69, 9.17) is 0 Å². The Balaban J connectivity index is 1.98. The molecule has 2 nitrogen and oxygen atoms in total. The predicted molar refractivity (Wildman–Crippen MR) is 78.4 cm³/mol. The molecule has 2 heteroatoms. The zero-order chi connectivity index (χ0) is 13.7. The molecule has 2 aliphatic rings. The Labute approximate surface area is 118 Å². The van der Waals surface area contributed by atoms with E-state index < -0.39 is 12.2 Å². The molecule has 0 heterocycles. The van der Waals surface area contributed by atoms with Gasteiger partial charge in [-0.25, -0.2) is 0 Å². The van der Waals surface area contributed by atoms with E-state index in [9.17, 15) is 10.2 Å². The molecular weight excluding hydrogens is 248 g/mol. The number of rotatable bonds is 0. The van der Waals surface area contributed by atoms with Gasteiger partial charge in [0.1, 0.15) is 12.2 Å². The molecule has 0 radical (unpaired) electrons. The molecule has 4 rings (SSSR count). The molecule has 0 unspecified atom stereocenters. The molecule has 20 heavy (non-hydrogen) atoms. The number of hydrogen-bond acceptors (Lipinski definition) is 2. The maximum atomic E-state index is 10.4. The van der Waals surface area contributed by atoms with Crippen LogP contribution >= 0.6 is 0 Å². The third-order valence-electron chi connectivity index (χ3n) is 4.70. The number of aliphatic hydroxyl groups is 2. The highest BCUT2D eigenvalue weighted by Crippen LogP contribution is 2.45. The van der Waals surface area contributed by atoms with Crippen LogP contribution in [0.3, 0.4) is 0 Å². The van der Waals surface area contributed by atoms with Crippen molar-refractivity contribution in [2.24, 2.45) is 0 Å².